The molecule has 0 spiro atoms. The fraction of sp³-hybridized carbons (Fsp3) is 0.588. The van der Waals surface area contributed by atoms with E-state index >= 15 is 0 Å². The summed E-state index contributed by atoms with van der Waals surface area (Å²) in [5, 5.41) is 3.21. The van der Waals surface area contributed by atoms with Gasteiger partial charge in [-0.3, -0.25) is 4.79 Å². The Hall–Kier alpha value is -1.31. The zero-order valence-electron chi connectivity index (χ0n) is 12.1. The smallest absolute Gasteiger partial charge is 0.223 e. The van der Waals surface area contributed by atoms with Crippen LogP contribution in [0.25, 0.3) is 0 Å². The topological polar surface area (TPSA) is 29.1 Å². The van der Waals surface area contributed by atoms with E-state index in [1.807, 2.05) is 6.92 Å². The van der Waals surface area contributed by atoms with Gasteiger partial charge >= 0.3 is 0 Å². The largest absolute Gasteiger partial charge is 0.353 e. The van der Waals surface area contributed by atoms with Gasteiger partial charge in [0.25, 0.3) is 0 Å². The molecular weight excluding hydrogens is 234 g/mol. The van der Waals surface area contributed by atoms with Gasteiger partial charge in [-0.15, -0.1) is 0 Å². The maximum atomic E-state index is 12.2. The van der Waals surface area contributed by atoms with Gasteiger partial charge in [0.2, 0.25) is 5.91 Å². The average Bonchev–Trinajstić information content (AvgIpc) is 2.42. The van der Waals surface area contributed by atoms with Crippen LogP contribution in [0, 0.1) is 12.8 Å². The van der Waals surface area contributed by atoms with Crippen LogP contribution in [0.4, 0.5) is 0 Å². The van der Waals surface area contributed by atoms with Gasteiger partial charge in [-0.25, -0.2) is 0 Å². The van der Waals surface area contributed by atoms with Crippen molar-refractivity contribution in [2.24, 2.45) is 5.92 Å². The van der Waals surface area contributed by atoms with E-state index in [0.717, 1.165) is 19.3 Å². The van der Waals surface area contributed by atoms with Crippen molar-refractivity contribution in [2.75, 3.05) is 0 Å². The molecule has 1 fully saturated rings. The number of benzene rings is 1. The van der Waals surface area contributed by atoms with Gasteiger partial charge in [0.1, 0.15) is 0 Å². The lowest BCUT2D eigenvalue weighted by Gasteiger charge is -2.24. The van der Waals surface area contributed by atoms with Gasteiger partial charge in [0.15, 0.2) is 0 Å². The van der Waals surface area contributed by atoms with E-state index in [0.29, 0.717) is 6.04 Å². The van der Waals surface area contributed by atoms with Crippen LogP contribution in [-0.2, 0) is 11.2 Å². The molecule has 1 aliphatic rings. The van der Waals surface area contributed by atoms with Crippen molar-refractivity contribution in [3.05, 3.63) is 35.4 Å². The highest BCUT2D eigenvalue weighted by Gasteiger charge is 2.19. The molecule has 2 nitrogen and oxygen atoms in total. The quantitative estimate of drug-likeness (QED) is 0.879. The SMILES string of the molecule is Cc1ccc(C[C@H](C)C(=O)NC2CCCCC2)cc1. The first-order valence-electron chi connectivity index (χ1n) is 7.51. The molecule has 0 heterocycles. The molecular formula is C17H25NO. The second-order valence-corrected chi connectivity index (χ2v) is 5.93. The van der Waals surface area contributed by atoms with Crippen LogP contribution < -0.4 is 5.32 Å². The summed E-state index contributed by atoms with van der Waals surface area (Å²) in [6.45, 7) is 4.11. The molecule has 0 bridgehead atoms. The second-order valence-electron chi connectivity index (χ2n) is 5.93. The first-order valence-corrected chi connectivity index (χ1v) is 7.51. The van der Waals surface area contributed by atoms with E-state index in [2.05, 4.69) is 36.5 Å². The van der Waals surface area contributed by atoms with Gasteiger partial charge in [-0.1, -0.05) is 56.0 Å². The Kier molecular flexibility index (Phi) is 5.00. The van der Waals surface area contributed by atoms with Crippen molar-refractivity contribution in [1.82, 2.24) is 5.32 Å². The predicted octanol–water partition coefficient (Wildman–Crippen LogP) is 3.62. The molecule has 0 aliphatic heterocycles. The first kappa shape index (κ1) is 14.1. The van der Waals surface area contributed by atoms with Crippen molar-refractivity contribution in [3.63, 3.8) is 0 Å². The van der Waals surface area contributed by atoms with E-state index in [1.165, 1.54) is 30.4 Å². The summed E-state index contributed by atoms with van der Waals surface area (Å²) in [4.78, 5) is 12.2. The van der Waals surface area contributed by atoms with E-state index in [-0.39, 0.29) is 11.8 Å². The van der Waals surface area contributed by atoms with Crippen LogP contribution in [0.3, 0.4) is 0 Å². The maximum absolute atomic E-state index is 12.2. The molecule has 1 N–H and O–H groups in total. The van der Waals surface area contributed by atoms with E-state index in [4.69, 9.17) is 0 Å². The standard InChI is InChI=1S/C17H25NO/c1-13-8-10-15(11-9-13)12-14(2)17(19)18-16-6-4-3-5-7-16/h8-11,14,16H,3-7,12H2,1-2H3,(H,18,19)/t14-/m0/s1. The Morgan fingerprint density at radius 1 is 1.21 bits per heavy atom. The minimum atomic E-state index is 0.0598. The number of nitrogens with one attached hydrogen (secondary N) is 1. The fourth-order valence-electron chi connectivity index (χ4n) is 2.76. The Labute approximate surface area is 116 Å². The van der Waals surface area contributed by atoms with E-state index in [1.54, 1.807) is 0 Å². The summed E-state index contributed by atoms with van der Waals surface area (Å²) in [5.41, 5.74) is 2.51. The van der Waals surface area contributed by atoms with Crippen molar-refractivity contribution >= 4 is 5.91 Å². The Bertz CT molecular complexity index is 404. The molecule has 0 saturated heterocycles. The normalized spacial score (nSPS) is 18.0. The first-order chi connectivity index (χ1) is 9.15. The summed E-state index contributed by atoms with van der Waals surface area (Å²) in [7, 11) is 0. The van der Waals surface area contributed by atoms with Crippen molar-refractivity contribution < 1.29 is 4.79 Å². The molecule has 1 aromatic carbocycles. The molecule has 1 aromatic rings. The van der Waals surface area contributed by atoms with Crippen LogP contribution in [-0.4, -0.2) is 11.9 Å². The van der Waals surface area contributed by atoms with Crippen LogP contribution in [0.5, 0.6) is 0 Å². The number of hydrogen-bond donors (Lipinski definition) is 1. The zero-order chi connectivity index (χ0) is 13.7. The highest BCUT2D eigenvalue weighted by Crippen LogP contribution is 2.18. The van der Waals surface area contributed by atoms with Crippen molar-refractivity contribution in [3.8, 4) is 0 Å². The molecule has 1 aliphatic carbocycles. The van der Waals surface area contributed by atoms with E-state index in [9.17, 15) is 4.79 Å². The average molecular weight is 259 g/mol. The summed E-state index contributed by atoms with van der Waals surface area (Å²) in [6, 6.07) is 8.89. The minimum Gasteiger partial charge on any atom is -0.353 e. The molecule has 0 unspecified atom stereocenters. The van der Waals surface area contributed by atoms with Gasteiger partial charge in [0, 0.05) is 12.0 Å². The van der Waals surface area contributed by atoms with Crippen LogP contribution in [0.1, 0.15) is 50.2 Å². The lowest BCUT2D eigenvalue weighted by Crippen LogP contribution is -2.39. The number of amides is 1. The lowest BCUT2D eigenvalue weighted by atomic mass is 9.94. The molecule has 19 heavy (non-hydrogen) atoms. The molecule has 1 atom stereocenters. The Morgan fingerprint density at radius 3 is 2.47 bits per heavy atom. The van der Waals surface area contributed by atoms with Gasteiger partial charge in [-0.2, -0.15) is 0 Å². The highest BCUT2D eigenvalue weighted by atomic mass is 16.1. The predicted molar refractivity (Wildman–Crippen MR) is 79.1 cm³/mol. The van der Waals surface area contributed by atoms with E-state index < -0.39 is 0 Å². The highest BCUT2D eigenvalue weighted by molar-refractivity contribution is 5.78. The summed E-state index contributed by atoms with van der Waals surface area (Å²) < 4.78 is 0. The molecule has 2 heteroatoms. The number of hydrogen-bond acceptors (Lipinski definition) is 1. The molecule has 0 aromatic heterocycles. The van der Waals surface area contributed by atoms with Crippen LogP contribution in [0.2, 0.25) is 0 Å². The van der Waals surface area contributed by atoms with Gasteiger partial charge in [0.05, 0.1) is 0 Å². The summed E-state index contributed by atoms with van der Waals surface area (Å²) in [6.07, 6.45) is 6.99. The lowest BCUT2D eigenvalue weighted by molar-refractivity contribution is -0.125. The third-order valence-corrected chi connectivity index (χ3v) is 4.06. The molecule has 104 valence electrons. The summed E-state index contributed by atoms with van der Waals surface area (Å²) in [5.74, 6) is 0.275. The number of carbonyl (C=O) groups excluding carboxylic acids is 1. The van der Waals surface area contributed by atoms with Crippen LogP contribution >= 0.6 is 0 Å². The van der Waals surface area contributed by atoms with Gasteiger partial charge < -0.3 is 5.32 Å². The third-order valence-electron chi connectivity index (χ3n) is 4.06. The summed E-state index contributed by atoms with van der Waals surface area (Å²) >= 11 is 0. The maximum Gasteiger partial charge on any atom is 0.223 e. The number of rotatable bonds is 4. The Morgan fingerprint density at radius 2 is 1.84 bits per heavy atom. The zero-order valence-corrected chi connectivity index (χ0v) is 12.1. The monoisotopic (exact) mass is 259 g/mol. The van der Waals surface area contributed by atoms with Gasteiger partial charge in [-0.05, 0) is 31.7 Å². The number of carbonyl (C=O) groups is 1. The number of aryl methyl sites for hydroxylation is 1. The molecule has 1 amide bonds. The molecule has 2 rings (SSSR count). The Balaban J connectivity index is 1.83. The van der Waals surface area contributed by atoms with Crippen molar-refractivity contribution in [2.45, 2.75) is 58.4 Å². The third kappa shape index (κ3) is 4.38. The minimum absolute atomic E-state index is 0.0598. The molecule has 1 saturated carbocycles. The molecule has 0 radical (unpaired) electrons. The second kappa shape index (κ2) is 6.74. The van der Waals surface area contributed by atoms with Crippen molar-refractivity contribution in [1.29, 1.82) is 0 Å². The fourth-order valence-corrected chi connectivity index (χ4v) is 2.76. The van der Waals surface area contributed by atoms with Crippen LogP contribution in [0.15, 0.2) is 24.3 Å².